The lowest BCUT2D eigenvalue weighted by Gasteiger charge is -2.50. The molecule has 0 heterocycles. The van der Waals surface area contributed by atoms with Gasteiger partial charge in [-0.2, -0.15) is 0 Å². The van der Waals surface area contributed by atoms with E-state index in [1.807, 2.05) is 6.07 Å². The molecule has 33 heavy (non-hydrogen) atoms. The molecule has 3 aliphatic rings. The van der Waals surface area contributed by atoms with Gasteiger partial charge in [0.1, 0.15) is 11.9 Å². The molecule has 2 saturated carbocycles. The van der Waals surface area contributed by atoms with E-state index in [4.69, 9.17) is 9.47 Å². The number of aliphatic hydroxyl groups is 1. The summed E-state index contributed by atoms with van der Waals surface area (Å²) in [5.41, 5.74) is 2.51. The van der Waals surface area contributed by atoms with E-state index in [0.29, 0.717) is 42.8 Å². The van der Waals surface area contributed by atoms with Crippen molar-refractivity contribution >= 4 is 11.9 Å². The fourth-order valence-electron chi connectivity index (χ4n) is 6.83. The molecule has 6 atom stereocenters. The highest BCUT2D eigenvalue weighted by molar-refractivity contribution is 5.72. The first-order valence-electron chi connectivity index (χ1n) is 13.1. The number of rotatable bonds is 8. The molecule has 5 heteroatoms. The van der Waals surface area contributed by atoms with Crippen LogP contribution in [-0.2, 0) is 20.7 Å². The number of ether oxygens (including phenoxy) is 2. The molecule has 5 nitrogen and oxygen atoms in total. The minimum absolute atomic E-state index is 0.154. The van der Waals surface area contributed by atoms with Gasteiger partial charge in [-0.25, -0.2) is 0 Å². The highest BCUT2D eigenvalue weighted by Gasteiger charge is 2.59. The molecular formula is C28H40O5. The molecule has 0 spiro atoms. The molecular weight excluding hydrogens is 416 g/mol. The Bertz CT molecular complexity index is 864. The summed E-state index contributed by atoms with van der Waals surface area (Å²) in [6, 6.07) is 6.16. The van der Waals surface area contributed by atoms with Crippen LogP contribution in [0.4, 0.5) is 0 Å². The monoisotopic (exact) mass is 456 g/mol. The Morgan fingerprint density at radius 3 is 2.55 bits per heavy atom. The summed E-state index contributed by atoms with van der Waals surface area (Å²) in [4.78, 5) is 24.4. The van der Waals surface area contributed by atoms with Crippen LogP contribution < -0.4 is 4.74 Å². The predicted molar refractivity (Wildman–Crippen MR) is 127 cm³/mol. The van der Waals surface area contributed by atoms with Gasteiger partial charge in [-0.05, 0) is 86.0 Å². The van der Waals surface area contributed by atoms with Crippen molar-refractivity contribution in [3.8, 4) is 5.75 Å². The standard InChI is InChI=1S/C28H40O5/c1-4-6-8-25(30)32-19-11-13-20-18(16-19)10-12-22-21(20)14-15-28(3)23(22)17-24(29)27(28)33-26(31)9-7-5-2/h11,13,16,21-24,27,29H,4-10,12,14-15,17H2,1-3H3/t21-,22-,23+,24-,27+,28+/m1/s1. The van der Waals surface area contributed by atoms with Crippen LogP contribution in [-0.4, -0.2) is 29.3 Å². The van der Waals surface area contributed by atoms with E-state index in [1.54, 1.807) is 0 Å². The molecule has 0 aromatic heterocycles. The van der Waals surface area contributed by atoms with E-state index >= 15 is 0 Å². The topological polar surface area (TPSA) is 72.8 Å². The van der Waals surface area contributed by atoms with Crippen molar-refractivity contribution in [1.29, 1.82) is 0 Å². The minimum atomic E-state index is -0.573. The van der Waals surface area contributed by atoms with Crippen molar-refractivity contribution in [2.45, 2.75) is 110 Å². The van der Waals surface area contributed by atoms with Crippen molar-refractivity contribution in [2.75, 3.05) is 0 Å². The summed E-state index contributed by atoms with van der Waals surface area (Å²) in [7, 11) is 0. The first-order valence-corrected chi connectivity index (χ1v) is 13.1. The van der Waals surface area contributed by atoms with E-state index in [0.717, 1.165) is 51.4 Å². The molecule has 1 aromatic rings. The van der Waals surface area contributed by atoms with Gasteiger partial charge in [-0.1, -0.05) is 39.7 Å². The highest BCUT2D eigenvalue weighted by atomic mass is 16.6. The van der Waals surface area contributed by atoms with Crippen molar-refractivity contribution < 1.29 is 24.2 Å². The van der Waals surface area contributed by atoms with Crippen LogP contribution in [0.25, 0.3) is 0 Å². The lowest BCUT2D eigenvalue weighted by molar-refractivity contribution is -0.164. The zero-order chi connectivity index (χ0) is 23.6. The van der Waals surface area contributed by atoms with Gasteiger partial charge in [0.15, 0.2) is 0 Å². The molecule has 0 saturated heterocycles. The second-order valence-corrected chi connectivity index (χ2v) is 10.7. The third-order valence-electron chi connectivity index (χ3n) is 8.59. The molecule has 0 aliphatic heterocycles. The van der Waals surface area contributed by atoms with Crippen molar-refractivity contribution in [2.24, 2.45) is 17.3 Å². The summed E-state index contributed by atoms with van der Waals surface area (Å²) in [6.07, 6.45) is 8.30. The Labute approximate surface area is 198 Å². The molecule has 1 N–H and O–H groups in total. The Kier molecular flexibility index (Phi) is 7.47. The maximum Gasteiger partial charge on any atom is 0.311 e. The van der Waals surface area contributed by atoms with Crippen molar-refractivity contribution in [1.82, 2.24) is 0 Å². The average molecular weight is 457 g/mol. The molecule has 0 unspecified atom stereocenters. The van der Waals surface area contributed by atoms with Crippen LogP contribution in [0.1, 0.15) is 102 Å². The Balaban J connectivity index is 1.47. The lowest BCUT2D eigenvalue weighted by Crippen LogP contribution is -2.46. The lowest BCUT2D eigenvalue weighted by atomic mass is 9.55. The smallest absolute Gasteiger partial charge is 0.311 e. The molecule has 0 bridgehead atoms. The van der Waals surface area contributed by atoms with Gasteiger partial charge in [0.25, 0.3) is 0 Å². The predicted octanol–water partition coefficient (Wildman–Crippen LogP) is 5.71. The van der Waals surface area contributed by atoms with Gasteiger partial charge in [0.2, 0.25) is 0 Å². The molecule has 0 radical (unpaired) electrons. The highest BCUT2D eigenvalue weighted by Crippen LogP contribution is 2.61. The molecule has 2 fully saturated rings. The third kappa shape index (κ3) is 4.84. The second kappa shape index (κ2) is 10.2. The van der Waals surface area contributed by atoms with Crippen LogP contribution >= 0.6 is 0 Å². The summed E-state index contributed by atoms with van der Waals surface area (Å²) in [5, 5.41) is 10.9. The Morgan fingerprint density at radius 2 is 1.82 bits per heavy atom. The number of fused-ring (bicyclic) bond motifs is 5. The van der Waals surface area contributed by atoms with Crippen LogP contribution in [0.3, 0.4) is 0 Å². The number of hydrogen-bond donors (Lipinski definition) is 1. The molecule has 0 amide bonds. The maximum atomic E-state index is 12.4. The van der Waals surface area contributed by atoms with Gasteiger partial charge in [0.05, 0.1) is 6.10 Å². The van der Waals surface area contributed by atoms with E-state index in [1.165, 1.54) is 11.1 Å². The van der Waals surface area contributed by atoms with Crippen LogP contribution in [0.15, 0.2) is 18.2 Å². The first-order chi connectivity index (χ1) is 15.9. The van der Waals surface area contributed by atoms with Gasteiger partial charge in [-0.15, -0.1) is 0 Å². The zero-order valence-electron chi connectivity index (χ0n) is 20.5. The Hall–Kier alpha value is -1.88. The second-order valence-electron chi connectivity index (χ2n) is 10.7. The van der Waals surface area contributed by atoms with Crippen LogP contribution in [0.2, 0.25) is 0 Å². The third-order valence-corrected chi connectivity index (χ3v) is 8.59. The number of aryl methyl sites for hydroxylation is 1. The largest absolute Gasteiger partial charge is 0.459 e. The fourth-order valence-corrected chi connectivity index (χ4v) is 6.83. The van der Waals surface area contributed by atoms with E-state index in [9.17, 15) is 14.7 Å². The van der Waals surface area contributed by atoms with E-state index in [2.05, 4.69) is 32.9 Å². The number of esters is 2. The molecule has 182 valence electrons. The normalized spacial score (nSPS) is 32.4. The molecule has 1 aromatic carbocycles. The summed E-state index contributed by atoms with van der Waals surface area (Å²) in [6.45, 7) is 6.37. The SMILES string of the molecule is CCCCC(=O)Oc1ccc2c(c1)CC[C@@H]1[C@@H]2CC[C@@]2(C)[C@H]1C[C@@H](O)[C@@H]2OC(=O)CCCC. The molecule has 3 aliphatic carbocycles. The number of aliphatic hydroxyl groups excluding tert-OH is 1. The number of benzene rings is 1. The van der Waals surface area contributed by atoms with Gasteiger partial charge >= 0.3 is 11.9 Å². The summed E-state index contributed by atoms with van der Waals surface area (Å²) in [5.74, 6) is 1.64. The molecule has 4 rings (SSSR count). The number of unbranched alkanes of at least 4 members (excludes halogenated alkanes) is 2. The zero-order valence-corrected chi connectivity index (χ0v) is 20.5. The first kappa shape index (κ1) is 24.3. The van der Waals surface area contributed by atoms with Gasteiger partial charge in [0, 0.05) is 18.3 Å². The average Bonchev–Trinajstić information content (AvgIpc) is 3.06. The van der Waals surface area contributed by atoms with E-state index in [-0.39, 0.29) is 23.5 Å². The van der Waals surface area contributed by atoms with E-state index < -0.39 is 6.10 Å². The quantitative estimate of drug-likeness (QED) is 0.401. The number of carbonyl (C=O) groups excluding carboxylic acids is 2. The van der Waals surface area contributed by atoms with Crippen LogP contribution in [0.5, 0.6) is 5.75 Å². The van der Waals surface area contributed by atoms with Gasteiger partial charge < -0.3 is 14.6 Å². The van der Waals surface area contributed by atoms with Gasteiger partial charge in [-0.3, -0.25) is 9.59 Å². The maximum absolute atomic E-state index is 12.4. The van der Waals surface area contributed by atoms with Crippen molar-refractivity contribution in [3.63, 3.8) is 0 Å². The summed E-state index contributed by atoms with van der Waals surface area (Å²) >= 11 is 0. The van der Waals surface area contributed by atoms with Crippen LogP contribution in [0, 0.1) is 17.3 Å². The number of carbonyl (C=O) groups is 2. The Morgan fingerprint density at radius 1 is 1.09 bits per heavy atom. The summed E-state index contributed by atoms with van der Waals surface area (Å²) < 4.78 is 11.5. The number of hydrogen-bond acceptors (Lipinski definition) is 5. The fraction of sp³-hybridized carbons (Fsp3) is 0.714. The van der Waals surface area contributed by atoms with Crippen molar-refractivity contribution in [3.05, 3.63) is 29.3 Å². The minimum Gasteiger partial charge on any atom is -0.459 e.